The Bertz CT molecular complexity index is 1210. The number of fused-ring (bicyclic) bond motifs is 4. The number of hydrogen-bond donors (Lipinski definition) is 0. The van der Waals surface area contributed by atoms with Gasteiger partial charge in [-0.1, -0.05) is 48.5 Å². The van der Waals surface area contributed by atoms with Crippen molar-refractivity contribution in [1.82, 2.24) is 4.90 Å². The van der Waals surface area contributed by atoms with E-state index in [1.54, 1.807) is 12.0 Å². The van der Waals surface area contributed by atoms with Crippen molar-refractivity contribution in [2.75, 3.05) is 12.0 Å². The van der Waals surface area contributed by atoms with E-state index in [9.17, 15) is 4.79 Å². The van der Waals surface area contributed by atoms with Gasteiger partial charge in [-0.15, -0.1) is 0 Å². The first-order chi connectivity index (χ1) is 15.4. The Morgan fingerprint density at radius 1 is 1.06 bits per heavy atom. The maximum Gasteiger partial charge on any atom is 0.260 e. The zero-order chi connectivity index (χ0) is 22.5. The molecule has 2 unspecified atom stereocenters. The van der Waals surface area contributed by atoms with Crippen molar-refractivity contribution in [1.29, 1.82) is 0 Å². The highest BCUT2D eigenvalue weighted by atomic mass is 32.1. The van der Waals surface area contributed by atoms with E-state index in [0.29, 0.717) is 28.6 Å². The number of aryl methyl sites for hydroxylation is 1. The normalized spacial score (nSPS) is 21.6. The van der Waals surface area contributed by atoms with Gasteiger partial charge >= 0.3 is 0 Å². The lowest BCUT2D eigenvalue weighted by Crippen LogP contribution is -2.67. The van der Waals surface area contributed by atoms with Crippen LogP contribution >= 0.6 is 12.2 Å². The summed E-state index contributed by atoms with van der Waals surface area (Å²) in [5.41, 5.74) is 2.56. The van der Waals surface area contributed by atoms with E-state index >= 15 is 0 Å². The quantitative estimate of drug-likeness (QED) is 0.500. The number of nitrogens with zero attached hydrogens (tertiary/aromatic N) is 2. The van der Waals surface area contributed by atoms with Gasteiger partial charge in [0.05, 0.1) is 13.2 Å². The van der Waals surface area contributed by atoms with Crippen molar-refractivity contribution in [3.05, 3.63) is 89.5 Å². The van der Waals surface area contributed by atoms with Crippen LogP contribution in [0.5, 0.6) is 11.5 Å². The molecule has 2 aliphatic heterocycles. The highest BCUT2D eigenvalue weighted by molar-refractivity contribution is 7.80. The number of rotatable bonds is 3. The van der Waals surface area contributed by atoms with Gasteiger partial charge in [0.15, 0.2) is 22.3 Å². The number of carbonyl (C=O) groups excluding carboxylic acids is 1. The number of thiocarbonyl (C=S) groups is 1. The largest absolute Gasteiger partial charge is 0.493 e. The third-order valence-corrected chi connectivity index (χ3v) is 6.65. The highest BCUT2D eigenvalue weighted by Crippen LogP contribution is 2.52. The van der Waals surface area contributed by atoms with Gasteiger partial charge in [-0.05, 0) is 55.9 Å². The fraction of sp³-hybridized carbons (Fsp3) is 0.231. The lowest BCUT2D eigenvalue weighted by atomic mass is 9.88. The fourth-order valence-corrected chi connectivity index (χ4v) is 5.25. The minimum absolute atomic E-state index is 0.114. The van der Waals surface area contributed by atoms with E-state index in [-0.39, 0.29) is 11.9 Å². The van der Waals surface area contributed by atoms with E-state index in [2.05, 4.69) is 0 Å². The monoisotopic (exact) mass is 444 g/mol. The highest BCUT2D eigenvalue weighted by Gasteiger charge is 2.54. The van der Waals surface area contributed by atoms with Crippen molar-refractivity contribution >= 4 is 28.9 Å². The summed E-state index contributed by atoms with van der Waals surface area (Å²) >= 11 is 5.99. The summed E-state index contributed by atoms with van der Waals surface area (Å²) in [4.78, 5) is 17.6. The predicted molar refractivity (Wildman–Crippen MR) is 128 cm³/mol. The van der Waals surface area contributed by atoms with Crippen molar-refractivity contribution in [3.8, 4) is 11.5 Å². The summed E-state index contributed by atoms with van der Waals surface area (Å²) in [7, 11) is 1.63. The molecule has 0 radical (unpaired) electrons. The third kappa shape index (κ3) is 3.06. The maximum absolute atomic E-state index is 13.9. The van der Waals surface area contributed by atoms with Gasteiger partial charge < -0.3 is 9.47 Å². The van der Waals surface area contributed by atoms with Gasteiger partial charge in [0.25, 0.3) is 5.91 Å². The average molecular weight is 445 g/mol. The molecule has 0 spiro atoms. The van der Waals surface area contributed by atoms with Gasteiger partial charge in [0, 0.05) is 23.2 Å². The van der Waals surface area contributed by atoms with Crippen LogP contribution in [-0.2, 0) is 0 Å². The average Bonchev–Trinajstić information content (AvgIpc) is 2.79. The van der Waals surface area contributed by atoms with Crippen LogP contribution in [0, 0.1) is 6.92 Å². The summed E-state index contributed by atoms with van der Waals surface area (Å²) < 4.78 is 12.2. The summed E-state index contributed by atoms with van der Waals surface area (Å²) in [6.07, 6.45) is 0.569. The molecule has 1 amide bonds. The number of benzene rings is 3. The molecule has 3 aromatic carbocycles. The molecule has 2 atom stereocenters. The summed E-state index contributed by atoms with van der Waals surface area (Å²) in [5.74, 6) is 1.18. The summed E-state index contributed by atoms with van der Waals surface area (Å²) in [6.45, 7) is 3.96. The van der Waals surface area contributed by atoms with Crippen molar-refractivity contribution in [3.63, 3.8) is 0 Å². The number of anilines is 1. The zero-order valence-electron chi connectivity index (χ0n) is 18.2. The molecule has 5 nitrogen and oxygen atoms in total. The Labute approximate surface area is 193 Å². The molecule has 2 heterocycles. The lowest BCUT2D eigenvalue weighted by Gasteiger charge is -2.55. The van der Waals surface area contributed by atoms with Crippen LogP contribution in [0.3, 0.4) is 0 Å². The Balaban J connectivity index is 1.72. The molecule has 0 saturated carbocycles. The van der Waals surface area contributed by atoms with E-state index in [4.69, 9.17) is 21.7 Å². The van der Waals surface area contributed by atoms with Crippen LogP contribution in [0.2, 0.25) is 0 Å². The maximum atomic E-state index is 13.9. The number of carbonyl (C=O) groups is 1. The molecule has 6 heteroatoms. The fourth-order valence-electron chi connectivity index (χ4n) is 4.74. The topological polar surface area (TPSA) is 42.0 Å². The van der Waals surface area contributed by atoms with E-state index < -0.39 is 5.72 Å². The molecule has 162 valence electrons. The Kier molecular flexibility index (Phi) is 4.90. The van der Waals surface area contributed by atoms with Gasteiger partial charge in [0.2, 0.25) is 0 Å². The minimum atomic E-state index is -0.771. The summed E-state index contributed by atoms with van der Waals surface area (Å²) in [6, 6.07) is 23.0. The minimum Gasteiger partial charge on any atom is -0.493 e. The number of hydrogen-bond acceptors (Lipinski definition) is 4. The first-order valence-corrected chi connectivity index (χ1v) is 11.0. The Morgan fingerprint density at radius 3 is 2.50 bits per heavy atom. The first kappa shape index (κ1) is 20.5. The standard InChI is InChI=1S/C26H24N2O3S/c1-17-10-7-8-13-19(17)24(29)27-21-16-26(2,28(25(27)32)18-11-5-4-6-12-18)31-23-20(21)14-9-15-22(23)30-3/h4-15,21H,16H2,1-3H3. The van der Waals surface area contributed by atoms with Crippen LogP contribution in [0.4, 0.5) is 5.69 Å². The molecule has 0 aromatic heterocycles. The van der Waals surface area contributed by atoms with Gasteiger partial charge in [-0.2, -0.15) is 0 Å². The molecular formula is C26H24N2O3S. The second-order valence-corrected chi connectivity index (χ2v) is 8.68. The molecule has 0 aliphatic carbocycles. The summed E-state index contributed by atoms with van der Waals surface area (Å²) in [5, 5.41) is 0.427. The van der Waals surface area contributed by atoms with E-state index in [1.807, 2.05) is 91.5 Å². The third-order valence-electron chi connectivity index (χ3n) is 6.27. The van der Waals surface area contributed by atoms with E-state index in [1.165, 1.54) is 0 Å². The predicted octanol–water partition coefficient (Wildman–Crippen LogP) is 5.49. The van der Waals surface area contributed by atoms with Gasteiger partial charge in [0.1, 0.15) is 0 Å². The van der Waals surface area contributed by atoms with Crippen LogP contribution in [0.25, 0.3) is 0 Å². The van der Waals surface area contributed by atoms with Crippen LogP contribution in [-0.4, -0.2) is 28.8 Å². The van der Waals surface area contributed by atoms with Gasteiger partial charge in [-0.25, -0.2) is 0 Å². The number of amides is 1. The van der Waals surface area contributed by atoms with Crippen molar-refractivity contribution in [2.45, 2.75) is 32.0 Å². The molecule has 1 saturated heterocycles. The first-order valence-electron chi connectivity index (χ1n) is 10.6. The second kappa shape index (κ2) is 7.64. The van der Waals surface area contributed by atoms with Crippen molar-refractivity contribution in [2.24, 2.45) is 0 Å². The molecule has 5 rings (SSSR count). The van der Waals surface area contributed by atoms with E-state index in [0.717, 1.165) is 16.8 Å². The van der Waals surface area contributed by atoms with Crippen molar-refractivity contribution < 1.29 is 14.3 Å². The second-order valence-electron chi connectivity index (χ2n) is 8.32. The molecular weight excluding hydrogens is 420 g/mol. The van der Waals surface area contributed by atoms with Crippen LogP contribution in [0.1, 0.15) is 40.9 Å². The smallest absolute Gasteiger partial charge is 0.260 e. The lowest BCUT2D eigenvalue weighted by molar-refractivity contribution is 0.0162. The molecule has 32 heavy (non-hydrogen) atoms. The molecule has 0 N–H and O–H groups in total. The molecule has 2 aliphatic rings. The number of methoxy groups -OCH3 is 1. The molecule has 3 aromatic rings. The molecule has 2 bridgehead atoms. The zero-order valence-corrected chi connectivity index (χ0v) is 19.1. The van der Waals surface area contributed by atoms with Crippen LogP contribution in [0.15, 0.2) is 72.8 Å². The Hall–Kier alpha value is -3.38. The SMILES string of the molecule is COc1cccc2c1OC1(C)CC2N(C(=O)c2ccccc2C)C(=S)N1c1ccccc1. The number of para-hydroxylation sites is 2. The number of ether oxygens (including phenoxy) is 2. The van der Waals surface area contributed by atoms with Gasteiger partial charge in [-0.3, -0.25) is 14.6 Å². The Morgan fingerprint density at radius 2 is 1.78 bits per heavy atom. The molecule has 1 fully saturated rings. The van der Waals surface area contributed by atoms with Crippen LogP contribution < -0.4 is 14.4 Å².